The highest BCUT2D eigenvalue weighted by Gasteiger charge is 2.30. The third kappa shape index (κ3) is 3.90. The summed E-state index contributed by atoms with van der Waals surface area (Å²) in [6.07, 6.45) is -4.46. The first-order valence-electron chi connectivity index (χ1n) is 4.79. The first kappa shape index (κ1) is 13.2. The van der Waals surface area contributed by atoms with E-state index >= 15 is 0 Å². The van der Waals surface area contributed by atoms with E-state index in [0.717, 1.165) is 12.1 Å². The van der Waals surface area contributed by atoms with Crippen molar-refractivity contribution in [2.75, 3.05) is 0 Å². The van der Waals surface area contributed by atoms with E-state index < -0.39 is 17.6 Å². The number of alkyl halides is 3. The van der Waals surface area contributed by atoms with E-state index in [2.05, 4.69) is 10.5 Å². The molecule has 0 saturated heterocycles. The summed E-state index contributed by atoms with van der Waals surface area (Å²) < 4.78 is 37.2. The number of benzene rings is 1. The Hall–Kier alpha value is -1.85. The number of nitrogens with one attached hydrogen (secondary N) is 1. The molecule has 0 heterocycles. The highest BCUT2D eigenvalue weighted by atomic mass is 19.4. The van der Waals surface area contributed by atoms with Crippen LogP contribution in [-0.4, -0.2) is 11.6 Å². The van der Waals surface area contributed by atoms with Gasteiger partial charge in [0.05, 0.1) is 5.56 Å². The minimum Gasteiger partial charge on any atom is -0.267 e. The number of amides is 1. The number of halogens is 3. The molecule has 0 aliphatic carbocycles. The van der Waals surface area contributed by atoms with Crippen LogP contribution in [-0.2, 0) is 6.18 Å². The molecule has 1 amide bonds. The summed E-state index contributed by atoms with van der Waals surface area (Å²) >= 11 is 0. The maximum Gasteiger partial charge on any atom is 0.416 e. The van der Waals surface area contributed by atoms with E-state index in [4.69, 9.17) is 0 Å². The molecule has 0 saturated carbocycles. The molecule has 3 nitrogen and oxygen atoms in total. The fraction of sp³-hybridized carbons (Fsp3) is 0.273. The monoisotopic (exact) mass is 244 g/mol. The molecule has 92 valence electrons. The molecule has 0 atom stereocenters. The summed E-state index contributed by atoms with van der Waals surface area (Å²) in [4.78, 5) is 11.4. The average molecular weight is 244 g/mol. The van der Waals surface area contributed by atoms with Gasteiger partial charge in [0.1, 0.15) is 0 Å². The minimum atomic E-state index is -4.46. The normalized spacial score (nSPS) is 10.9. The minimum absolute atomic E-state index is 0.0789. The van der Waals surface area contributed by atoms with Crippen LogP contribution in [0.15, 0.2) is 29.4 Å². The van der Waals surface area contributed by atoms with Crippen LogP contribution >= 0.6 is 0 Å². The van der Waals surface area contributed by atoms with Crippen LogP contribution in [0, 0.1) is 0 Å². The van der Waals surface area contributed by atoms with E-state index in [1.807, 2.05) is 0 Å². The van der Waals surface area contributed by atoms with Crippen molar-refractivity contribution in [1.82, 2.24) is 5.43 Å². The Morgan fingerprint density at radius 2 is 1.94 bits per heavy atom. The first-order chi connectivity index (χ1) is 7.80. The van der Waals surface area contributed by atoms with Crippen LogP contribution in [0.3, 0.4) is 0 Å². The Kier molecular flexibility index (Phi) is 3.88. The van der Waals surface area contributed by atoms with E-state index in [-0.39, 0.29) is 5.56 Å². The molecule has 0 fully saturated rings. The van der Waals surface area contributed by atoms with Gasteiger partial charge in [0.15, 0.2) is 0 Å². The van der Waals surface area contributed by atoms with Crippen LogP contribution in [0.4, 0.5) is 13.2 Å². The van der Waals surface area contributed by atoms with Gasteiger partial charge in [-0.15, -0.1) is 0 Å². The second-order valence-electron chi connectivity index (χ2n) is 3.58. The maximum absolute atomic E-state index is 12.4. The average Bonchev–Trinajstić information content (AvgIpc) is 2.25. The van der Waals surface area contributed by atoms with Crippen molar-refractivity contribution in [1.29, 1.82) is 0 Å². The number of nitrogens with zero attached hydrogens (tertiary/aromatic N) is 1. The zero-order valence-electron chi connectivity index (χ0n) is 9.30. The highest BCUT2D eigenvalue weighted by Crippen LogP contribution is 2.29. The Labute approximate surface area is 96.3 Å². The number of carbonyl (C=O) groups excluding carboxylic acids is 1. The molecule has 0 aliphatic heterocycles. The first-order valence-corrected chi connectivity index (χ1v) is 4.79. The zero-order valence-corrected chi connectivity index (χ0v) is 9.30. The molecule has 1 rings (SSSR count). The SMILES string of the molecule is CC(C)=NNC(=O)c1cccc(C(F)(F)F)c1. The van der Waals surface area contributed by atoms with Gasteiger partial charge in [0, 0.05) is 11.3 Å². The molecule has 1 aromatic rings. The molecule has 0 unspecified atom stereocenters. The Morgan fingerprint density at radius 1 is 1.29 bits per heavy atom. The van der Waals surface area contributed by atoms with Crippen molar-refractivity contribution in [2.45, 2.75) is 20.0 Å². The van der Waals surface area contributed by atoms with Crippen molar-refractivity contribution in [3.05, 3.63) is 35.4 Å². The number of rotatable bonds is 2. The molecule has 6 heteroatoms. The number of hydrogen-bond acceptors (Lipinski definition) is 2. The van der Waals surface area contributed by atoms with Crippen molar-refractivity contribution >= 4 is 11.6 Å². The van der Waals surface area contributed by atoms with Crippen molar-refractivity contribution in [2.24, 2.45) is 5.10 Å². The predicted octanol–water partition coefficient (Wildman–Crippen LogP) is 2.83. The summed E-state index contributed by atoms with van der Waals surface area (Å²) in [6, 6.07) is 4.17. The second kappa shape index (κ2) is 4.99. The lowest BCUT2D eigenvalue weighted by Gasteiger charge is -2.07. The quantitative estimate of drug-likeness (QED) is 0.630. The van der Waals surface area contributed by atoms with Gasteiger partial charge in [-0.2, -0.15) is 18.3 Å². The molecule has 0 bridgehead atoms. The van der Waals surface area contributed by atoms with Gasteiger partial charge >= 0.3 is 6.18 Å². The van der Waals surface area contributed by atoms with Gasteiger partial charge in [0.25, 0.3) is 5.91 Å². The third-order valence-corrected chi connectivity index (χ3v) is 1.83. The third-order valence-electron chi connectivity index (χ3n) is 1.83. The van der Waals surface area contributed by atoms with Crippen LogP contribution in [0.2, 0.25) is 0 Å². The fourth-order valence-electron chi connectivity index (χ4n) is 1.06. The van der Waals surface area contributed by atoms with Gasteiger partial charge in [-0.05, 0) is 32.0 Å². The van der Waals surface area contributed by atoms with Gasteiger partial charge < -0.3 is 0 Å². The van der Waals surface area contributed by atoms with Gasteiger partial charge in [-0.1, -0.05) is 6.07 Å². The molecule has 0 aromatic heterocycles. The summed E-state index contributed by atoms with van der Waals surface area (Å²) in [5.74, 6) is -0.669. The fourth-order valence-corrected chi connectivity index (χ4v) is 1.06. The maximum atomic E-state index is 12.4. The largest absolute Gasteiger partial charge is 0.416 e. The summed E-state index contributed by atoms with van der Waals surface area (Å²) in [5.41, 5.74) is 1.82. The summed E-state index contributed by atoms with van der Waals surface area (Å²) in [7, 11) is 0. The number of carbonyl (C=O) groups is 1. The van der Waals surface area contributed by atoms with E-state index in [1.54, 1.807) is 13.8 Å². The van der Waals surface area contributed by atoms with Gasteiger partial charge in [0.2, 0.25) is 0 Å². The Balaban J connectivity index is 2.93. The van der Waals surface area contributed by atoms with E-state index in [9.17, 15) is 18.0 Å². The predicted molar refractivity (Wildman–Crippen MR) is 57.7 cm³/mol. The lowest BCUT2D eigenvalue weighted by atomic mass is 10.1. The van der Waals surface area contributed by atoms with Crippen molar-refractivity contribution < 1.29 is 18.0 Å². The molecule has 0 radical (unpaired) electrons. The molecule has 1 aromatic carbocycles. The molecular formula is C11H11F3N2O. The smallest absolute Gasteiger partial charge is 0.267 e. The molecule has 1 N–H and O–H groups in total. The zero-order chi connectivity index (χ0) is 13.1. The molecule has 17 heavy (non-hydrogen) atoms. The van der Waals surface area contributed by atoms with Crippen molar-refractivity contribution in [3.8, 4) is 0 Å². The lowest BCUT2D eigenvalue weighted by Crippen LogP contribution is -2.19. The Morgan fingerprint density at radius 3 is 2.47 bits per heavy atom. The lowest BCUT2D eigenvalue weighted by molar-refractivity contribution is -0.137. The van der Waals surface area contributed by atoms with E-state index in [0.29, 0.717) is 5.71 Å². The summed E-state index contributed by atoms with van der Waals surface area (Å²) in [6.45, 7) is 3.32. The van der Waals surface area contributed by atoms with Crippen LogP contribution < -0.4 is 5.43 Å². The van der Waals surface area contributed by atoms with Gasteiger partial charge in [-0.25, -0.2) is 5.43 Å². The second-order valence-corrected chi connectivity index (χ2v) is 3.58. The molecular weight excluding hydrogens is 233 g/mol. The topological polar surface area (TPSA) is 41.5 Å². The van der Waals surface area contributed by atoms with Crippen LogP contribution in [0.1, 0.15) is 29.8 Å². The van der Waals surface area contributed by atoms with Crippen LogP contribution in [0.25, 0.3) is 0 Å². The standard InChI is InChI=1S/C11H11F3N2O/c1-7(2)15-16-10(17)8-4-3-5-9(6-8)11(12,13)14/h3-6H,1-2H3,(H,16,17). The van der Waals surface area contributed by atoms with Crippen LogP contribution in [0.5, 0.6) is 0 Å². The number of hydrogen-bond donors (Lipinski definition) is 1. The molecule has 0 spiro atoms. The highest BCUT2D eigenvalue weighted by molar-refractivity contribution is 5.95. The Bertz CT molecular complexity index is 448. The number of hydrazone groups is 1. The summed E-state index contributed by atoms with van der Waals surface area (Å²) in [5, 5.41) is 3.63. The van der Waals surface area contributed by atoms with Crippen molar-refractivity contribution in [3.63, 3.8) is 0 Å². The molecule has 0 aliphatic rings. The van der Waals surface area contributed by atoms with Gasteiger partial charge in [-0.3, -0.25) is 4.79 Å². The van der Waals surface area contributed by atoms with E-state index in [1.165, 1.54) is 12.1 Å².